The van der Waals surface area contributed by atoms with E-state index in [-0.39, 0.29) is 0 Å². The van der Waals surface area contributed by atoms with Crippen LogP contribution in [0.1, 0.15) is 43.9 Å². The van der Waals surface area contributed by atoms with Gasteiger partial charge >= 0.3 is 0 Å². The summed E-state index contributed by atoms with van der Waals surface area (Å²) in [5.74, 6) is 0. The van der Waals surface area contributed by atoms with Crippen LogP contribution in [0.4, 0.5) is 0 Å². The summed E-state index contributed by atoms with van der Waals surface area (Å²) in [5.41, 5.74) is 2.73. The Morgan fingerprint density at radius 1 is 1.28 bits per heavy atom. The normalized spacial score (nSPS) is 27.1. The molecule has 1 N–H and O–H groups in total. The zero-order valence-corrected chi connectivity index (χ0v) is 12.1. The highest BCUT2D eigenvalue weighted by atomic mass is 15.1. The maximum atomic E-state index is 3.78. The Morgan fingerprint density at radius 2 is 1.94 bits per heavy atom. The molecule has 1 aliphatic rings. The largest absolute Gasteiger partial charge is 0.307 e. The molecule has 18 heavy (non-hydrogen) atoms. The molecule has 0 aromatic heterocycles. The van der Waals surface area contributed by atoms with E-state index in [1.54, 1.807) is 0 Å². The predicted molar refractivity (Wildman–Crippen MR) is 77.8 cm³/mol. The minimum Gasteiger partial charge on any atom is -0.307 e. The first-order chi connectivity index (χ1) is 8.56. The van der Waals surface area contributed by atoms with E-state index in [2.05, 4.69) is 62.3 Å². The third-order valence-corrected chi connectivity index (χ3v) is 4.27. The van der Waals surface area contributed by atoms with Crippen molar-refractivity contribution >= 4 is 0 Å². The van der Waals surface area contributed by atoms with Gasteiger partial charge < -0.3 is 10.2 Å². The molecular formula is C16H26N2. The number of likely N-dealkylation sites (tertiary alicyclic amines) is 1. The molecule has 2 rings (SSSR count). The molecule has 1 heterocycles. The second kappa shape index (κ2) is 5.85. The van der Waals surface area contributed by atoms with Crippen LogP contribution in [0, 0.1) is 6.92 Å². The Balaban J connectivity index is 1.91. The number of aryl methyl sites for hydroxylation is 1. The van der Waals surface area contributed by atoms with Gasteiger partial charge in [0.15, 0.2) is 0 Å². The Labute approximate surface area is 111 Å². The lowest BCUT2D eigenvalue weighted by molar-refractivity contribution is 0.163. The van der Waals surface area contributed by atoms with Gasteiger partial charge in [-0.2, -0.15) is 0 Å². The standard InChI is InChI=1S/C16H26N2/c1-12-5-7-15(8-6-12)14(3)17-16-9-10-18(4)13(2)11-16/h5-8,13-14,16-17H,9-11H2,1-4H3/t13?,14-,16?/m0/s1. The summed E-state index contributed by atoms with van der Waals surface area (Å²) in [5, 5.41) is 3.78. The first-order valence-corrected chi connectivity index (χ1v) is 7.09. The Morgan fingerprint density at radius 3 is 2.56 bits per heavy atom. The molecular weight excluding hydrogens is 220 g/mol. The Hall–Kier alpha value is -0.860. The summed E-state index contributed by atoms with van der Waals surface area (Å²) in [4.78, 5) is 2.45. The van der Waals surface area contributed by atoms with Crippen LogP contribution < -0.4 is 5.32 Å². The third kappa shape index (κ3) is 3.33. The molecule has 2 nitrogen and oxygen atoms in total. The molecule has 1 fully saturated rings. The fraction of sp³-hybridized carbons (Fsp3) is 0.625. The minimum atomic E-state index is 0.450. The molecule has 0 amide bonds. The van der Waals surface area contributed by atoms with Crippen molar-refractivity contribution in [3.05, 3.63) is 35.4 Å². The van der Waals surface area contributed by atoms with Crippen LogP contribution in [-0.2, 0) is 0 Å². The van der Waals surface area contributed by atoms with Crippen LogP contribution in [0.2, 0.25) is 0 Å². The number of hydrogen-bond acceptors (Lipinski definition) is 2. The van der Waals surface area contributed by atoms with Gasteiger partial charge in [0.2, 0.25) is 0 Å². The van der Waals surface area contributed by atoms with E-state index in [4.69, 9.17) is 0 Å². The van der Waals surface area contributed by atoms with Crippen LogP contribution in [0.3, 0.4) is 0 Å². The maximum Gasteiger partial charge on any atom is 0.0294 e. The molecule has 0 aliphatic carbocycles. The number of nitrogens with zero attached hydrogens (tertiary/aromatic N) is 1. The lowest BCUT2D eigenvalue weighted by atomic mass is 9.97. The van der Waals surface area contributed by atoms with Gasteiger partial charge in [-0.1, -0.05) is 29.8 Å². The van der Waals surface area contributed by atoms with Crippen LogP contribution >= 0.6 is 0 Å². The van der Waals surface area contributed by atoms with Crippen LogP contribution in [-0.4, -0.2) is 30.6 Å². The Kier molecular flexibility index (Phi) is 4.41. The first-order valence-electron chi connectivity index (χ1n) is 7.09. The molecule has 1 aromatic rings. The van der Waals surface area contributed by atoms with Crippen molar-refractivity contribution in [2.24, 2.45) is 0 Å². The summed E-state index contributed by atoms with van der Waals surface area (Å²) in [7, 11) is 2.23. The third-order valence-electron chi connectivity index (χ3n) is 4.27. The van der Waals surface area contributed by atoms with Gasteiger partial charge in [-0.15, -0.1) is 0 Å². The molecule has 1 aliphatic heterocycles. The zero-order chi connectivity index (χ0) is 13.1. The molecule has 2 heteroatoms. The van der Waals surface area contributed by atoms with Gasteiger partial charge in [-0.3, -0.25) is 0 Å². The number of piperidine rings is 1. The van der Waals surface area contributed by atoms with Gasteiger partial charge in [0.05, 0.1) is 0 Å². The van der Waals surface area contributed by atoms with Crippen LogP contribution in [0.5, 0.6) is 0 Å². The van der Waals surface area contributed by atoms with Crippen LogP contribution in [0.15, 0.2) is 24.3 Å². The molecule has 0 saturated carbocycles. The average molecular weight is 246 g/mol. The second-order valence-corrected chi connectivity index (χ2v) is 5.85. The van der Waals surface area contributed by atoms with Crippen molar-refractivity contribution in [3.8, 4) is 0 Å². The summed E-state index contributed by atoms with van der Waals surface area (Å²) in [6.45, 7) is 7.94. The van der Waals surface area contributed by atoms with Crippen molar-refractivity contribution in [2.75, 3.05) is 13.6 Å². The van der Waals surface area contributed by atoms with Crippen LogP contribution in [0.25, 0.3) is 0 Å². The van der Waals surface area contributed by atoms with Gasteiger partial charge in [0.25, 0.3) is 0 Å². The number of hydrogen-bond donors (Lipinski definition) is 1. The fourth-order valence-electron chi connectivity index (χ4n) is 2.75. The van der Waals surface area contributed by atoms with Crippen molar-refractivity contribution < 1.29 is 0 Å². The van der Waals surface area contributed by atoms with E-state index < -0.39 is 0 Å². The SMILES string of the molecule is Cc1ccc([C@H](C)NC2CCN(C)C(C)C2)cc1. The maximum absolute atomic E-state index is 3.78. The van der Waals surface area contributed by atoms with E-state index >= 15 is 0 Å². The lowest BCUT2D eigenvalue weighted by Crippen LogP contribution is -2.46. The van der Waals surface area contributed by atoms with E-state index in [0.717, 1.165) is 0 Å². The summed E-state index contributed by atoms with van der Waals surface area (Å²) >= 11 is 0. The van der Waals surface area contributed by atoms with Crippen molar-refractivity contribution in [3.63, 3.8) is 0 Å². The Bertz CT molecular complexity index is 371. The lowest BCUT2D eigenvalue weighted by Gasteiger charge is -2.36. The quantitative estimate of drug-likeness (QED) is 0.881. The van der Waals surface area contributed by atoms with Gasteiger partial charge in [-0.25, -0.2) is 0 Å². The number of benzene rings is 1. The molecule has 1 saturated heterocycles. The summed E-state index contributed by atoms with van der Waals surface area (Å²) in [6.07, 6.45) is 2.52. The fourth-order valence-corrected chi connectivity index (χ4v) is 2.75. The summed E-state index contributed by atoms with van der Waals surface area (Å²) in [6, 6.07) is 10.7. The smallest absolute Gasteiger partial charge is 0.0294 e. The van der Waals surface area contributed by atoms with Crippen molar-refractivity contribution in [1.82, 2.24) is 10.2 Å². The second-order valence-electron chi connectivity index (χ2n) is 5.85. The number of nitrogens with one attached hydrogen (secondary N) is 1. The molecule has 100 valence electrons. The minimum absolute atomic E-state index is 0.450. The molecule has 0 radical (unpaired) electrons. The van der Waals surface area contributed by atoms with Crippen molar-refractivity contribution in [1.29, 1.82) is 0 Å². The molecule has 3 atom stereocenters. The van der Waals surface area contributed by atoms with Gasteiger partial charge in [-0.05, 0) is 52.8 Å². The van der Waals surface area contributed by atoms with E-state index in [1.807, 2.05) is 0 Å². The molecule has 2 unspecified atom stereocenters. The molecule has 0 spiro atoms. The molecule has 0 bridgehead atoms. The highest BCUT2D eigenvalue weighted by molar-refractivity contribution is 5.23. The topological polar surface area (TPSA) is 15.3 Å². The zero-order valence-electron chi connectivity index (χ0n) is 12.1. The van der Waals surface area contributed by atoms with Crippen molar-refractivity contribution in [2.45, 2.75) is 51.7 Å². The van der Waals surface area contributed by atoms with Gasteiger partial charge in [0.1, 0.15) is 0 Å². The average Bonchev–Trinajstić information content (AvgIpc) is 2.34. The van der Waals surface area contributed by atoms with E-state index in [0.29, 0.717) is 18.1 Å². The highest BCUT2D eigenvalue weighted by Gasteiger charge is 2.23. The summed E-state index contributed by atoms with van der Waals surface area (Å²) < 4.78 is 0. The first kappa shape index (κ1) is 13.6. The monoisotopic (exact) mass is 246 g/mol. The van der Waals surface area contributed by atoms with E-state index in [1.165, 1.54) is 30.5 Å². The van der Waals surface area contributed by atoms with Gasteiger partial charge in [0, 0.05) is 18.1 Å². The molecule has 1 aromatic carbocycles. The number of rotatable bonds is 3. The predicted octanol–water partition coefficient (Wildman–Crippen LogP) is 3.13. The highest BCUT2D eigenvalue weighted by Crippen LogP contribution is 2.20. The van der Waals surface area contributed by atoms with E-state index in [9.17, 15) is 0 Å².